The number of carbonyl (C=O) groups excluding carboxylic acids is 1. The highest BCUT2D eigenvalue weighted by atomic mass is 35.5. The Balaban J connectivity index is 2.59. The van der Waals surface area contributed by atoms with E-state index in [9.17, 15) is 22.8 Å². The van der Waals surface area contributed by atoms with Crippen LogP contribution in [-0.4, -0.2) is 21.6 Å². The van der Waals surface area contributed by atoms with Crippen LogP contribution in [0.5, 0.6) is 0 Å². The lowest BCUT2D eigenvalue weighted by Crippen LogP contribution is -2.24. The van der Waals surface area contributed by atoms with E-state index in [-0.39, 0.29) is 16.3 Å². The molecule has 0 amide bonds. The molecule has 1 aromatic carbocycles. The van der Waals surface area contributed by atoms with Crippen molar-refractivity contribution in [2.75, 3.05) is 0 Å². The molecule has 0 spiro atoms. The van der Waals surface area contributed by atoms with Crippen molar-refractivity contribution in [2.45, 2.75) is 26.1 Å². The Morgan fingerprint density at radius 2 is 1.96 bits per heavy atom. The normalized spacial score (nSPS) is 11.6. The first-order chi connectivity index (χ1) is 11.5. The first kappa shape index (κ1) is 19.2. The second-order valence-electron chi connectivity index (χ2n) is 5.28. The van der Waals surface area contributed by atoms with E-state index in [4.69, 9.17) is 28.6 Å². The molecule has 1 N–H and O–H groups in total. The quantitative estimate of drug-likeness (QED) is 0.630. The van der Waals surface area contributed by atoms with Gasteiger partial charge in [0.15, 0.2) is 4.77 Å². The van der Waals surface area contributed by atoms with Crippen LogP contribution >= 0.6 is 23.8 Å². The van der Waals surface area contributed by atoms with Crippen molar-refractivity contribution in [3.8, 4) is 5.69 Å². The van der Waals surface area contributed by atoms with E-state index in [1.165, 1.54) is 18.2 Å². The number of hydrogen-bond acceptors (Lipinski definition) is 4. The summed E-state index contributed by atoms with van der Waals surface area (Å²) >= 11 is 10.8. The number of halogens is 4. The van der Waals surface area contributed by atoms with Crippen LogP contribution < -0.4 is 5.56 Å². The molecular formula is C15H12ClF3N2O3S. The number of rotatable bonds is 3. The lowest BCUT2D eigenvalue weighted by atomic mass is 10.2. The summed E-state index contributed by atoms with van der Waals surface area (Å²) in [5.41, 5.74) is -2.21. The zero-order chi connectivity index (χ0) is 18.9. The maximum atomic E-state index is 12.7. The molecule has 1 aromatic heterocycles. The van der Waals surface area contributed by atoms with Gasteiger partial charge in [0.1, 0.15) is 5.69 Å². The van der Waals surface area contributed by atoms with E-state index in [0.717, 1.165) is 4.57 Å². The molecule has 10 heteroatoms. The van der Waals surface area contributed by atoms with Gasteiger partial charge in [0.25, 0.3) is 5.56 Å². The minimum atomic E-state index is -4.74. The standard InChI is InChI=1S/C15H12ClF3N2O3S/c1-7(2)24-13(23)9-5-8(3-4-10(9)16)21-12(22)6-11(15(17,18)19)20-14(21)25/h3-7H,1-2H3,(H,20,25). The van der Waals surface area contributed by atoms with Crippen molar-refractivity contribution in [1.29, 1.82) is 0 Å². The Labute approximate surface area is 150 Å². The molecule has 1 heterocycles. The topological polar surface area (TPSA) is 64.1 Å². The molecule has 0 saturated heterocycles. The Kier molecular flexibility index (Phi) is 5.38. The second-order valence-corrected chi connectivity index (χ2v) is 6.07. The summed E-state index contributed by atoms with van der Waals surface area (Å²) in [6, 6.07) is 4.29. The summed E-state index contributed by atoms with van der Waals surface area (Å²) < 4.78 is 43.6. The maximum absolute atomic E-state index is 12.7. The monoisotopic (exact) mass is 392 g/mol. The summed E-state index contributed by atoms with van der Waals surface area (Å²) in [4.78, 5) is 26.1. The highest BCUT2D eigenvalue weighted by Gasteiger charge is 2.32. The fourth-order valence-electron chi connectivity index (χ4n) is 1.98. The number of benzene rings is 1. The van der Waals surface area contributed by atoms with Crippen molar-refractivity contribution in [3.63, 3.8) is 0 Å². The molecule has 2 aromatic rings. The number of hydrogen-bond donors (Lipinski definition) is 1. The fourth-order valence-corrected chi connectivity index (χ4v) is 2.48. The first-order valence-corrected chi connectivity index (χ1v) is 7.74. The molecule has 0 aliphatic heterocycles. The molecule has 5 nitrogen and oxygen atoms in total. The van der Waals surface area contributed by atoms with Crippen molar-refractivity contribution in [2.24, 2.45) is 0 Å². The summed E-state index contributed by atoms with van der Waals surface area (Å²) in [7, 11) is 0. The summed E-state index contributed by atoms with van der Waals surface area (Å²) in [5.74, 6) is -0.725. The molecule has 0 unspecified atom stereocenters. The van der Waals surface area contributed by atoms with Crippen molar-refractivity contribution >= 4 is 29.8 Å². The Bertz CT molecular complexity index is 904. The maximum Gasteiger partial charge on any atom is 0.431 e. The van der Waals surface area contributed by atoms with Crippen LogP contribution in [0.4, 0.5) is 13.2 Å². The average Bonchev–Trinajstić information content (AvgIpc) is 2.46. The van der Waals surface area contributed by atoms with Gasteiger partial charge in [-0.1, -0.05) is 11.6 Å². The predicted octanol–water partition coefficient (Wildman–Crippen LogP) is 4.13. The van der Waals surface area contributed by atoms with E-state index in [1.54, 1.807) is 13.8 Å². The number of nitrogens with zero attached hydrogens (tertiary/aromatic N) is 1. The third-order valence-electron chi connectivity index (χ3n) is 3.01. The zero-order valence-corrected chi connectivity index (χ0v) is 14.6. The van der Waals surface area contributed by atoms with Gasteiger partial charge in [0.05, 0.1) is 22.4 Å². The van der Waals surface area contributed by atoms with Gasteiger partial charge in [-0.25, -0.2) is 4.79 Å². The van der Waals surface area contributed by atoms with E-state index in [1.807, 2.05) is 4.98 Å². The van der Waals surface area contributed by atoms with Crippen molar-refractivity contribution < 1.29 is 22.7 Å². The number of alkyl halides is 3. The SMILES string of the molecule is CC(C)OC(=O)c1cc(-n2c(=O)cc(C(F)(F)F)[nH]c2=S)ccc1Cl. The molecule has 0 aliphatic rings. The highest BCUT2D eigenvalue weighted by molar-refractivity contribution is 7.71. The van der Waals surface area contributed by atoms with Gasteiger partial charge in [-0.3, -0.25) is 9.36 Å². The van der Waals surface area contributed by atoms with Gasteiger partial charge >= 0.3 is 12.1 Å². The fraction of sp³-hybridized carbons (Fsp3) is 0.267. The minimum absolute atomic E-state index is 0.0333. The Morgan fingerprint density at radius 3 is 2.48 bits per heavy atom. The van der Waals surface area contributed by atoms with Crippen LogP contribution in [0.3, 0.4) is 0 Å². The summed E-state index contributed by atoms with van der Waals surface area (Å²) in [6.07, 6.45) is -5.14. The van der Waals surface area contributed by atoms with Gasteiger partial charge < -0.3 is 9.72 Å². The van der Waals surface area contributed by atoms with Gasteiger partial charge in [-0.15, -0.1) is 0 Å². The molecule has 25 heavy (non-hydrogen) atoms. The van der Waals surface area contributed by atoms with Crippen LogP contribution in [0.25, 0.3) is 5.69 Å². The number of aromatic nitrogens is 2. The third-order valence-corrected chi connectivity index (χ3v) is 3.62. The number of aromatic amines is 1. The molecule has 0 saturated carbocycles. The molecule has 0 atom stereocenters. The number of carbonyl (C=O) groups is 1. The Morgan fingerprint density at radius 1 is 1.32 bits per heavy atom. The third kappa shape index (κ3) is 4.29. The van der Waals surface area contributed by atoms with Crippen LogP contribution in [0.2, 0.25) is 5.02 Å². The molecule has 0 radical (unpaired) electrons. The largest absolute Gasteiger partial charge is 0.459 e. The highest BCUT2D eigenvalue weighted by Crippen LogP contribution is 2.27. The van der Waals surface area contributed by atoms with E-state index >= 15 is 0 Å². The van der Waals surface area contributed by atoms with Crippen LogP contribution in [0.15, 0.2) is 29.1 Å². The second kappa shape index (κ2) is 7.01. The molecule has 0 aliphatic carbocycles. The van der Waals surface area contributed by atoms with Crippen molar-refractivity contribution in [3.05, 3.63) is 55.7 Å². The number of H-pyrrole nitrogens is 1. The van der Waals surface area contributed by atoms with E-state index in [0.29, 0.717) is 6.07 Å². The van der Waals surface area contributed by atoms with Crippen molar-refractivity contribution in [1.82, 2.24) is 9.55 Å². The van der Waals surface area contributed by atoms with Gasteiger partial charge in [-0.2, -0.15) is 13.2 Å². The predicted molar refractivity (Wildman–Crippen MR) is 87.8 cm³/mol. The van der Waals surface area contributed by atoms with E-state index in [2.05, 4.69) is 0 Å². The Hall–Kier alpha value is -2.13. The average molecular weight is 393 g/mol. The van der Waals surface area contributed by atoms with Crippen LogP contribution in [0.1, 0.15) is 29.9 Å². The lowest BCUT2D eigenvalue weighted by Gasteiger charge is -2.13. The zero-order valence-electron chi connectivity index (χ0n) is 13.0. The smallest absolute Gasteiger partial charge is 0.431 e. The number of ether oxygens (including phenoxy) is 1. The summed E-state index contributed by atoms with van der Waals surface area (Å²) in [6.45, 7) is 3.29. The minimum Gasteiger partial charge on any atom is -0.459 e. The molecule has 0 bridgehead atoms. The first-order valence-electron chi connectivity index (χ1n) is 6.95. The van der Waals surface area contributed by atoms with Gasteiger partial charge in [-0.05, 0) is 44.3 Å². The number of nitrogens with one attached hydrogen (secondary N) is 1. The summed E-state index contributed by atoms with van der Waals surface area (Å²) in [5, 5.41) is 0.0734. The van der Waals surface area contributed by atoms with Gasteiger partial charge in [0, 0.05) is 6.07 Å². The molecule has 2 rings (SSSR count). The molecular weight excluding hydrogens is 381 g/mol. The van der Waals surface area contributed by atoms with Crippen LogP contribution in [0, 0.1) is 4.77 Å². The molecule has 134 valence electrons. The lowest BCUT2D eigenvalue weighted by molar-refractivity contribution is -0.141. The molecule has 0 fully saturated rings. The number of esters is 1. The van der Waals surface area contributed by atoms with E-state index < -0.39 is 34.3 Å². The van der Waals surface area contributed by atoms with Crippen LogP contribution in [-0.2, 0) is 10.9 Å². The van der Waals surface area contributed by atoms with Gasteiger partial charge in [0.2, 0.25) is 0 Å².